The van der Waals surface area contributed by atoms with E-state index >= 15 is 0 Å². The fourth-order valence-electron chi connectivity index (χ4n) is 1.61. The zero-order chi connectivity index (χ0) is 13.9. The molecule has 0 spiro atoms. The molecule has 0 amide bonds. The van der Waals surface area contributed by atoms with E-state index in [1.807, 2.05) is 0 Å². The molecule has 2 aromatic rings. The number of rotatable bonds is 3. The maximum Gasteiger partial charge on any atom is 0.282 e. The van der Waals surface area contributed by atoms with Crippen molar-refractivity contribution in [2.75, 3.05) is 0 Å². The van der Waals surface area contributed by atoms with Gasteiger partial charge in [0.15, 0.2) is 0 Å². The first-order valence-electron chi connectivity index (χ1n) is 5.61. The molecule has 0 aliphatic heterocycles. The Kier molecular flexibility index (Phi) is 4.02. The second-order valence-electron chi connectivity index (χ2n) is 4.00. The van der Waals surface area contributed by atoms with Gasteiger partial charge in [-0.2, -0.15) is 12.8 Å². The van der Waals surface area contributed by atoms with Crippen molar-refractivity contribution in [3.63, 3.8) is 0 Å². The molecule has 0 fully saturated rings. The van der Waals surface area contributed by atoms with Crippen LogP contribution >= 0.6 is 11.6 Å². The average molecular weight is 294 g/mol. The van der Waals surface area contributed by atoms with Gasteiger partial charge >= 0.3 is 0 Å². The Morgan fingerprint density at radius 1 is 1.05 bits per heavy atom. The summed E-state index contributed by atoms with van der Waals surface area (Å²) in [4.78, 5) is 0.207. The lowest BCUT2D eigenvalue weighted by molar-refractivity contribution is 0.597. The first-order chi connectivity index (χ1) is 9.00. The van der Waals surface area contributed by atoms with E-state index in [4.69, 9.17) is 11.6 Å². The fourth-order valence-corrected chi connectivity index (χ4v) is 2.88. The lowest BCUT2D eigenvalue weighted by Crippen LogP contribution is -2.00. The smallest absolute Gasteiger partial charge is 0.199 e. The van der Waals surface area contributed by atoms with Gasteiger partial charge in [-0.15, -0.1) is 0 Å². The summed E-state index contributed by atoms with van der Waals surface area (Å²) < 4.78 is 27.9. The van der Waals surface area contributed by atoms with Crippen molar-refractivity contribution in [2.24, 2.45) is 4.40 Å². The molecule has 0 radical (unpaired) electrons. The van der Waals surface area contributed by atoms with E-state index in [0.29, 0.717) is 16.1 Å². The zero-order valence-electron chi connectivity index (χ0n) is 10.2. The second kappa shape index (κ2) is 5.55. The molecule has 2 rings (SSSR count). The van der Waals surface area contributed by atoms with Crippen molar-refractivity contribution < 1.29 is 8.42 Å². The van der Waals surface area contributed by atoms with E-state index < -0.39 is 10.0 Å². The fraction of sp³-hybridized carbons (Fsp3) is 0.0714. The highest BCUT2D eigenvalue weighted by Gasteiger charge is 2.14. The number of benzene rings is 2. The summed E-state index contributed by atoms with van der Waals surface area (Å²) in [5.41, 5.74) is 1.24. The Balaban J connectivity index is 2.38. The summed E-state index contributed by atoms with van der Waals surface area (Å²) in [6, 6.07) is 13.7. The number of nitrogens with zero attached hydrogens (tertiary/aromatic N) is 1. The van der Waals surface area contributed by atoms with Crippen LogP contribution in [0, 0.1) is 6.92 Å². The average Bonchev–Trinajstić information content (AvgIpc) is 2.38. The Hall–Kier alpha value is -1.65. The van der Waals surface area contributed by atoms with Crippen LogP contribution in [0.5, 0.6) is 0 Å². The predicted molar refractivity (Wildman–Crippen MR) is 77.4 cm³/mol. The summed E-state index contributed by atoms with van der Waals surface area (Å²) >= 11 is 5.94. The first-order valence-corrected chi connectivity index (χ1v) is 7.43. The van der Waals surface area contributed by atoms with Crippen LogP contribution < -0.4 is 0 Å². The molecule has 0 bridgehead atoms. The minimum absolute atomic E-state index is 0.207. The molecule has 0 aliphatic rings. The van der Waals surface area contributed by atoms with Crippen LogP contribution in [0.3, 0.4) is 0 Å². The van der Waals surface area contributed by atoms with Crippen LogP contribution in [-0.4, -0.2) is 14.6 Å². The summed E-state index contributed by atoms with van der Waals surface area (Å²) in [6.07, 6.45) is 1.27. The normalized spacial score (nSPS) is 11.9. The molecule has 5 heteroatoms. The second-order valence-corrected chi connectivity index (χ2v) is 6.00. The molecule has 3 nitrogen and oxygen atoms in total. The number of aryl methyl sites for hydroxylation is 1. The van der Waals surface area contributed by atoms with E-state index in [9.17, 15) is 8.42 Å². The van der Waals surface area contributed by atoms with Gasteiger partial charge in [-0.25, -0.2) is 0 Å². The molecule has 0 saturated heterocycles. The van der Waals surface area contributed by atoms with Gasteiger partial charge in [-0.05, 0) is 24.6 Å². The van der Waals surface area contributed by atoms with Crippen molar-refractivity contribution in [1.29, 1.82) is 0 Å². The monoisotopic (exact) mass is 293 g/mol. The van der Waals surface area contributed by atoms with E-state index in [-0.39, 0.29) is 4.90 Å². The Morgan fingerprint density at radius 3 is 2.37 bits per heavy atom. The third-order valence-corrected chi connectivity index (χ3v) is 4.35. The third kappa shape index (κ3) is 3.22. The van der Waals surface area contributed by atoms with Crippen LogP contribution in [-0.2, 0) is 10.0 Å². The number of hydrogen-bond donors (Lipinski definition) is 0. The van der Waals surface area contributed by atoms with Gasteiger partial charge in [0.1, 0.15) is 0 Å². The van der Waals surface area contributed by atoms with Crippen LogP contribution in [0.1, 0.15) is 11.1 Å². The van der Waals surface area contributed by atoms with E-state index in [1.165, 1.54) is 12.3 Å². The molecule has 0 saturated carbocycles. The van der Waals surface area contributed by atoms with E-state index in [0.717, 1.165) is 0 Å². The highest BCUT2D eigenvalue weighted by Crippen LogP contribution is 2.18. The van der Waals surface area contributed by atoms with Crippen molar-refractivity contribution >= 4 is 27.8 Å². The quantitative estimate of drug-likeness (QED) is 0.814. The molecule has 98 valence electrons. The highest BCUT2D eigenvalue weighted by molar-refractivity contribution is 7.90. The van der Waals surface area contributed by atoms with Gasteiger partial charge < -0.3 is 0 Å². The molecule has 0 aromatic heterocycles. The van der Waals surface area contributed by atoms with Crippen LogP contribution in [0.2, 0.25) is 5.02 Å². The summed E-state index contributed by atoms with van der Waals surface area (Å²) in [7, 11) is -3.70. The van der Waals surface area contributed by atoms with Gasteiger partial charge in [-0.1, -0.05) is 48.0 Å². The van der Waals surface area contributed by atoms with Crippen molar-refractivity contribution in [3.8, 4) is 0 Å². The molecule has 0 aliphatic carbocycles. The maximum atomic E-state index is 12.1. The van der Waals surface area contributed by atoms with E-state index in [1.54, 1.807) is 49.4 Å². The molecule has 0 unspecified atom stereocenters. The standard InChI is InChI=1S/C14H12ClNO2S/c1-11-6-2-5-9-14(11)19(17,18)16-10-12-7-3-4-8-13(12)15/h2-10H,1H3/b16-10+. The number of sulfonamides is 1. The number of halogens is 1. The lowest BCUT2D eigenvalue weighted by Gasteiger charge is -2.02. The van der Waals surface area contributed by atoms with Crippen molar-refractivity contribution in [2.45, 2.75) is 11.8 Å². The van der Waals surface area contributed by atoms with E-state index in [2.05, 4.69) is 4.40 Å². The van der Waals surface area contributed by atoms with Gasteiger partial charge in [0.25, 0.3) is 10.0 Å². The minimum Gasteiger partial charge on any atom is -0.199 e. The summed E-state index contributed by atoms with van der Waals surface area (Å²) in [6.45, 7) is 1.73. The molecular formula is C14H12ClNO2S. The summed E-state index contributed by atoms with van der Waals surface area (Å²) in [5.74, 6) is 0. The van der Waals surface area contributed by atoms with Crippen LogP contribution in [0.25, 0.3) is 0 Å². The van der Waals surface area contributed by atoms with Crippen molar-refractivity contribution in [3.05, 3.63) is 64.7 Å². The highest BCUT2D eigenvalue weighted by atomic mass is 35.5. The van der Waals surface area contributed by atoms with Gasteiger partial charge in [0.05, 0.1) is 4.90 Å². The minimum atomic E-state index is -3.70. The Morgan fingerprint density at radius 2 is 1.68 bits per heavy atom. The molecule has 0 N–H and O–H groups in total. The van der Waals surface area contributed by atoms with Gasteiger partial charge in [0, 0.05) is 16.8 Å². The lowest BCUT2D eigenvalue weighted by atomic mass is 10.2. The first kappa shape index (κ1) is 13.8. The van der Waals surface area contributed by atoms with Gasteiger partial charge in [0.2, 0.25) is 0 Å². The Bertz CT molecular complexity index is 724. The molecule has 0 heterocycles. The molecule has 2 aromatic carbocycles. The van der Waals surface area contributed by atoms with Crippen molar-refractivity contribution in [1.82, 2.24) is 0 Å². The largest absolute Gasteiger partial charge is 0.282 e. The maximum absolute atomic E-state index is 12.1. The molecular weight excluding hydrogens is 282 g/mol. The zero-order valence-corrected chi connectivity index (χ0v) is 11.8. The SMILES string of the molecule is Cc1ccccc1S(=O)(=O)/N=C/c1ccccc1Cl. The van der Waals surface area contributed by atoms with Gasteiger partial charge in [-0.3, -0.25) is 0 Å². The molecule has 19 heavy (non-hydrogen) atoms. The van der Waals surface area contributed by atoms with Crippen LogP contribution in [0.4, 0.5) is 0 Å². The predicted octanol–water partition coefficient (Wildman–Crippen LogP) is 3.46. The third-order valence-electron chi connectivity index (χ3n) is 2.61. The van der Waals surface area contributed by atoms with Crippen LogP contribution in [0.15, 0.2) is 57.8 Å². The topological polar surface area (TPSA) is 46.5 Å². The Labute approximate surface area is 117 Å². The molecule has 0 atom stereocenters. The number of hydrogen-bond acceptors (Lipinski definition) is 2. The summed E-state index contributed by atoms with van der Waals surface area (Å²) in [5, 5.41) is 0.464.